The van der Waals surface area contributed by atoms with Gasteiger partial charge in [-0.3, -0.25) is 47.9 Å². The van der Waals surface area contributed by atoms with Crippen LogP contribution in [0.15, 0.2) is 78.9 Å². The number of cyclic esters (lactones) is 2. The summed E-state index contributed by atoms with van der Waals surface area (Å²) in [6.45, 7) is 16.2. The lowest BCUT2D eigenvalue weighted by atomic mass is 9.91. The van der Waals surface area contributed by atoms with Crippen molar-refractivity contribution in [1.29, 1.82) is 0 Å². The van der Waals surface area contributed by atoms with Gasteiger partial charge in [-0.25, -0.2) is 4.79 Å². The number of Topliss-reactive ketones (excluding diaryl/α,β-unsaturated/α-hetero) is 1. The molecule has 2 saturated heterocycles. The minimum atomic E-state index is -1.79. The van der Waals surface area contributed by atoms with Crippen LogP contribution in [0.2, 0.25) is 0 Å². The number of benzene rings is 3. The summed E-state index contributed by atoms with van der Waals surface area (Å²) in [5.74, 6) is -10.8. The normalized spacial score (nSPS) is 23.9. The van der Waals surface area contributed by atoms with Gasteiger partial charge in [0.05, 0.1) is 38.1 Å². The van der Waals surface area contributed by atoms with Gasteiger partial charge in [-0.15, -0.1) is 0 Å². The lowest BCUT2D eigenvalue weighted by Crippen LogP contribution is -2.61. The van der Waals surface area contributed by atoms with Crippen molar-refractivity contribution in [3.8, 4) is 5.75 Å². The standard InChI is InChI=1S/C65H89N7O15/c1-14-39(8)54-51(73)34-53(75)87-58(38(6)7)56(76)40(9)59(78)67-47(31-36(2)3)63(82)72-30-18-21-48(72)64(83)71(12)50(33-42-22-28-46(85-13)29-23-42)65(84)86-41(10)55(62(81)68-54)69-61(80)49(32-37(4)5)70(11)52(74)35-66-60(79)45-26-24-44(25-27-45)57(77)43-19-16-15-17-20-43/h15-17,19-20,22-29,36-41,47-51,54-55,58,73H,14,18,21,30-35H2,1-13H3,(H,66,79)(H,67,78)(H,68,81)(H,69,80)/t39-,40-,41+,47-,48-,49+,50-,51-,54+,55-,58-/m0/s1. The number of amides is 7. The first-order valence-electron chi connectivity index (χ1n) is 30.0. The number of aliphatic hydroxyl groups excluding tert-OH is 1. The fourth-order valence-corrected chi connectivity index (χ4v) is 10.7. The minimum Gasteiger partial charge on any atom is -0.497 e. The van der Waals surface area contributed by atoms with E-state index in [0.717, 1.165) is 4.90 Å². The smallest absolute Gasteiger partial charge is 0.329 e. The molecule has 3 aromatic rings. The molecule has 2 fully saturated rings. The lowest BCUT2D eigenvalue weighted by molar-refractivity contribution is -0.163. The van der Waals surface area contributed by atoms with Crippen molar-refractivity contribution < 1.29 is 72.1 Å². The first kappa shape index (κ1) is 69.8. The maximum absolute atomic E-state index is 15.1. The van der Waals surface area contributed by atoms with Crippen LogP contribution in [0.5, 0.6) is 5.75 Å². The molecule has 0 unspecified atom stereocenters. The topological polar surface area (TPSA) is 294 Å². The van der Waals surface area contributed by atoms with Crippen LogP contribution in [0.1, 0.15) is 140 Å². The Balaban J connectivity index is 1.54. The van der Waals surface area contributed by atoms with Gasteiger partial charge in [-0.2, -0.15) is 0 Å². The van der Waals surface area contributed by atoms with Crippen LogP contribution in [-0.4, -0.2) is 174 Å². The number of fused-ring (bicyclic) bond motifs is 1. The van der Waals surface area contributed by atoms with Crippen LogP contribution in [-0.2, 0) is 59.0 Å². The Morgan fingerprint density at radius 2 is 1.41 bits per heavy atom. The second-order valence-electron chi connectivity index (χ2n) is 24.1. The molecule has 87 heavy (non-hydrogen) atoms. The molecule has 11 atom stereocenters. The van der Waals surface area contributed by atoms with Crippen LogP contribution in [0, 0.1) is 29.6 Å². The van der Waals surface area contributed by atoms with Gasteiger partial charge in [0.1, 0.15) is 42.1 Å². The second kappa shape index (κ2) is 32.1. The van der Waals surface area contributed by atoms with E-state index < -0.39 is 144 Å². The molecule has 0 spiro atoms. The number of methoxy groups -OCH3 is 1. The number of ether oxygens (including phenoxy) is 3. The monoisotopic (exact) mass is 1210 g/mol. The molecular formula is C65H89N7O15. The first-order valence-corrected chi connectivity index (χ1v) is 30.0. The summed E-state index contributed by atoms with van der Waals surface area (Å²) in [6, 6.07) is 13.2. The molecule has 22 heteroatoms. The third-order valence-corrected chi connectivity index (χ3v) is 16.2. The number of hydrogen-bond donors (Lipinski definition) is 5. The predicted octanol–water partition coefficient (Wildman–Crippen LogP) is 4.61. The fraction of sp³-hybridized carbons (Fsp3) is 0.554. The number of likely N-dealkylation sites (N-methyl/N-ethyl adjacent to an activating group) is 2. The summed E-state index contributed by atoms with van der Waals surface area (Å²) < 4.78 is 17.3. The highest BCUT2D eigenvalue weighted by Gasteiger charge is 2.45. The number of carbonyl (C=O) groups excluding carboxylic acids is 11. The van der Waals surface area contributed by atoms with Crippen LogP contribution in [0.4, 0.5) is 0 Å². The van der Waals surface area contributed by atoms with Crippen LogP contribution < -0.4 is 26.0 Å². The zero-order valence-electron chi connectivity index (χ0n) is 52.5. The van der Waals surface area contributed by atoms with E-state index in [-0.39, 0.29) is 55.4 Å². The summed E-state index contributed by atoms with van der Waals surface area (Å²) in [6.07, 6.45) is -4.52. The average molecular weight is 1210 g/mol. The van der Waals surface area contributed by atoms with Gasteiger partial charge in [-0.1, -0.05) is 116 Å². The number of hydrogen-bond acceptors (Lipinski definition) is 15. The Bertz CT molecular complexity index is 2920. The van der Waals surface area contributed by atoms with Crippen molar-refractivity contribution >= 4 is 64.9 Å². The summed E-state index contributed by atoms with van der Waals surface area (Å²) >= 11 is 0. The number of aliphatic hydroxyl groups is 1. The molecule has 22 nitrogen and oxygen atoms in total. The number of nitrogens with one attached hydrogen (secondary N) is 4. The van der Waals surface area contributed by atoms with E-state index in [1.807, 2.05) is 13.8 Å². The summed E-state index contributed by atoms with van der Waals surface area (Å²) in [4.78, 5) is 161. The third kappa shape index (κ3) is 18.7. The van der Waals surface area contributed by atoms with Gasteiger partial charge in [0, 0.05) is 43.8 Å². The Hall–Kier alpha value is -8.01. The van der Waals surface area contributed by atoms with Crippen LogP contribution >= 0.6 is 0 Å². The van der Waals surface area contributed by atoms with Gasteiger partial charge < -0.3 is 55.3 Å². The molecule has 0 aliphatic carbocycles. The first-order chi connectivity index (χ1) is 41.1. The Kier molecular flexibility index (Phi) is 25.7. The maximum atomic E-state index is 15.1. The van der Waals surface area contributed by atoms with Crippen molar-refractivity contribution in [3.05, 3.63) is 101 Å². The lowest BCUT2D eigenvalue weighted by Gasteiger charge is -2.36. The van der Waals surface area contributed by atoms with E-state index in [2.05, 4.69) is 21.3 Å². The number of ketones is 2. The molecule has 3 aromatic carbocycles. The van der Waals surface area contributed by atoms with E-state index in [9.17, 15) is 48.3 Å². The largest absolute Gasteiger partial charge is 0.497 e. The van der Waals surface area contributed by atoms with Crippen LogP contribution in [0.25, 0.3) is 0 Å². The highest BCUT2D eigenvalue weighted by Crippen LogP contribution is 2.26. The molecule has 7 amide bonds. The SMILES string of the molecule is CC[C@H](C)[C@H]1NC(=O)[C@@H](NC(=O)[C@@H](CC(C)C)N(C)C(=O)CNC(=O)c2ccc(C(=O)c3ccccc3)cc2)[C@@H](C)OC(=O)[C@H](Cc2ccc(OC)cc2)N(C)C(=O)[C@@H]2CCCN2C(=O)[C@H](CC(C)C)NC(=O)[C@@H](C)C(=O)[C@H](C(C)C)OC(=O)C[C@@H]1O. The number of nitrogens with zero attached hydrogens (tertiary/aromatic N) is 3. The number of rotatable bonds is 18. The molecule has 0 bridgehead atoms. The van der Waals surface area contributed by atoms with Gasteiger partial charge in [0.2, 0.25) is 35.4 Å². The second-order valence-corrected chi connectivity index (χ2v) is 24.1. The van der Waals surface area contributed by atoms with Gasteiger partial charge in [0.15, 0.2) is 17.7 Å². The van der Waals surface area contributed by atoms with Crippen molar-refractivity contribution in [1.82, 2.24) is 36.0 Å². The van der Waals surface area contributed by atoms with E-state index in [1.165, 1.54) is 69.1 Å². The molecule has 0 radical (unpaired) electrons. The molecular weight excluding hydrogens is 1120 g/mol. The minimum absolute atomic E-state index is 0.0381. The van der Waals surface area contributed by atoms with E-state index in [0.29, 0.717) is 35.3 Å². The molecule has 2 aliphatic rings. The van der Waals surface area contributed by atoms with E-state index in [1.54, 1.807) is 96.1 Å². The third-order valence-electron chi connectivity index (χ3n) is 16.2. The Labute approximate surface area is 510 Å². The van der Waals surface area contributed by atoms with Crippen molar-refractivity contribution in [2.24, 2.45) is 29.6 Å². The van der Waals surface area contributed by atoms with Crippen molar-refractivity contribution in [2.45, 2.75) is 169 Å². The predicted molar refractivity (Wildman–Crippen MR) is 322 cm³/mol. The molecule has 5 rings (SSSR count). The van der Waals surface area contributed by atoms with Crippen molar-refractivity contribution in [3.63, 3.8) is 0 Å². The number of esters is 2. The Morgan fingerprint density at radius 3 is 2.00 bits per heavy atom. The highest BCUT2D eigenvalue weighted by atomic mass is 16.6. The zero-order valence-corrected chi connectivity index (χ0v) is 52.5. The summed E-state index contributed by atoms with van der Waals surface area (Å²) in [7, 11) is 4.23. The molecule has 2 heterocycles. The van der Waals surface area contributed by atoms with Gasteiger partial charge in [-0.05, 0) is 93.0 Å². The van der Waals surface area contributed by atoms with Gasteiger partial charge in [0.25, 0.3) is 5.91 Å². The molecule has 0 saturated carbocycles. The fourth-order valence-electron chi connectivity index (χ4n) is 10.7. The average Bonchev–Trinajstić information content (AvgIpc) is 3.00. The molecule has 474 valence electrons. The Morgan fingerprint density at radius 1 is 0.793 bits per heavy atom. The molecule has 5 N–H and O–H groups in total. The van der Waals surface area contributed by atoms with E-state index in [4.69, 9.17) is 14.2 Å². The quantitative estimate of drug-likeness (QED) is 0.0661. The van der Waals surface area contributed by atoms with Gasteiger partial charge >= 0.3 is 11.9 Å². The van der Waals surface area contributed by atoms with Crippen molar-refractivity contribution in [2.75, 3.05) is 34.3 Å². The van der Waals surface area contributed by atoms with Crippen LogP contribution in [0.3, 0.4) is 0 Å². The summed E-state index contributed by atoms with van der Waals surface area (Å²) in [5, 5.41) is 22.7. The molecule has 0 aromatic heterocycles. The number of carbonyl (C=O) groups is 11. The highest BCUT2D eigenvalue weighted by molar-refractivity contribution is 6.09. The van der Waals surface area contributed by atoms with E-state index >= 15 is 9.59 Å². The molecule has 2 aliphatic heterocycles. The maximum Gasteiger partial charge on any atom is 0.329 e. The summed E-state index contributed by atoms with van der Waals surface area (Å²) in [5.41, 5.74) is 1.53. The zero-order chi connectivity index (χ0) is 64.6.